The molecule has 0 aromatic carbocycles. The maximum absolute atomic E-state index is 11.8. The Morgan fingerprint density at radius 3 is 2.76 bits per heavy atom. The van der Waals surface area contributed by atoms with Gasteiger partial charge in [0.1, 0.15) is 4.90 Å². The summed E-state index contributed by atoms with van der Waals surface area (Å²) >= 11 is 0. The fourth-order valence-corrected chi connectivity index (χ4v) is 2.79. The summed E-state index contributed by atoms with van der Waals surface area (Å²) < 4.78 is 26.2. The van der Waals surface area contributed by atoms with Crippen LogP contribution < -0.4 is 10.5 Å². The lowest BCUT2D eigenvalue weighted by atomic mass is 10.2. The van der Waals surface area contributed by atoms with Crippen LogP contribution in [0.2, 0.25) is 0 Å². The zero-order valence-electron chi connectivity index (χ0n) is 9.51. The molecule has 1 aliphatic carbocycles. The van der Waals surface area contributed by atoms with Gasteiger partial charge in [-0.25, -0.2) is 13.1 Å². The zero-order chi connectivity index (χ0) is 11.8. The number of aromatic amines is 1. The molecule has 0 radical (unpaired) electrons. The van der Waals surface area contributed by atoms with Gasteiger partial charge in [0.2, 0.25) is 10.0 Å². The maximum atomic E-state index is 11.8. The van der Waals surface area contributed by atoms with E-state index >= 15 is 0 Å². The lowest BCUT2D eigenvalue weighted by Gasteiger charge is -2.11. The van der Waals surface area contributed by atoms with E-state index in [0.717, 1.165) is 12.8 Å². The van der Waals surface area contributed by atoms with Gasteiger partial charge in [0.25, 0.3) is 0 Å². The van der Waals surface area contributed by atoms with E-state index in [4.69, 9.17) is 5.73 Å². The normalized spacial score (nSPS) is 17.5. The maximum Gasteiger partial charge on any atom is 0.244 e. The van der Waals surface area contributed by atoms with Gasteiger partial charge in [-0.15, -0.1) is 12.4 Å². The van der Waals surface area contributed by atoms with Gasteiger partial charge in [-0.05, 0) is 25.7 Å². The minimum atomic E-state index is -3.47. The van der Waals surface area contributed by atoms with Crippen LogP contribution in [0.5, 0.6) is 0 Å². The lowest BCUT2D eigenvalue weighted by Crippen LogP contribution is -2.38. The Kier molecular flexibility index (Phi) is 4.54. The number of nitrogens with zero attached hydrogens (tertiary/aromatic N) is 1. The average Bonchev–Trinajstić information content (AvgIpc) is 2.98. The number of sulfonamides is 1. The summed E-state index contributed by atoms with van der Waals surface area (Å²) in [4.78, 5) is 0.190. The van der Waals surface area contributed by atoms with Gasteiger partial charge in [0, 0.05) is 12.6 Å². The number of rotatable bonds is 5. The molecule has 1 aromatic rings. The number of aromatic nitrogens is 2. The third-order valence-corrected chi connectivity index (χ3v) is 4.35. The molecule has 0 aliphatic heterocycles. The molecule has 1 aliphatic rings. The highest BCUT2D eigenvalue weighted by molar-refractivity contribution is 7.89. The fraction of sp³-hybridized carbons (Fsp3) is 0.667. The summed E-state index contributed by atoms with van der Waals surface area (Å²) in [5, 5.41) is 6.28. The molecule has 8 heteroatoms. The minimum absolute atomic E-state index is 0. The Morgan fingerprint density at radius 2 is 2.29 bits per heavy atom. The van der Waals surface area contributed by atoms with Gasteiger partial charge in [-0.2, -0.15) is 5.10 Å². The van der Waals surface area contributed by atoms with Gasteiger partial charge in [-0.3, -0.25) is 5.10 Å². The van der Waals surface area contributed by atoms with Gasteiger partial charge < -0.3 is 5.73 Å². The predicted molar refractivity (Wildman–Crippen MR) is 66.5 cm³/mol. The molecule has 1 unspecified atom stereocenters. The van der Waals surface area contributed by atoms with Crippen molar-refractivity contribution in [1.29, 1.82) is 0 Å². The van der Waals surface area contributed by atoms with Crippen LogP contribution in [-0.4, -0.2) is 31.2 Å². The van der Waals surface area contributed by atoms with Crippen molar-refractivity contribution in [1.82, 2.24) is 14.9 Å². The van der Waals surface area contributed by atoms with Gasteiger partial charge in [0.05, 0.1) is 11.9 Å². The number of H-pyrrole nitrogens is 1. The molecule has 17 heavy (non-hydrogen) atoms. The standard InChI is InChI=1S/C9H16N4O2S.ClH/c1-6-9(5-11-13-6)16(14,15)12-4-8(10)7-2-3-7;/h5,7-8,12H,2-4,10H2,1H3,(H,11,13);1H. The Hall–Kier alpha value is -0.630. The Morgan fingerprint density at radius 1 is 1.65 bits per heavy atom. The SMILES string of the molecule is Cc1[nH]ncc1S(=O)(=O)NCC(N)C1CC1.Cl. The second-order valence-corrected chi connectivity index (χ2v) is 5.95. The molecule has 1 atom stereocenters. The number of hydrogen-bond acceptors (Lipinski definition) is 4. The topological polar surface area (TPSA) is 101 Å². The van der Waals surface area contributed by atoms with Crippen molar-refractivity contribution in [3.05, 3.63) is 11.9 Å². The third kappa shape index (κ3) is 3.41. The van der Waals surface area contributed by atoms with Crippen LogP contribution in [0.15, 0.2) is 11.1 Å². The van der Waals surface area contributed by atoms with Crippen LogP contribution in [-0.2, 0) is 10.0 Å². The second kappa shape index (κ2) is 5.34. The minimum Gasteiger partial charge on any atom is -0.326 e. The molecule has 1 saturated carbocycles. The third-order valence-electron chi connectivity index (χ3n) is 2.81. The highest BCUT2D eigenvalue weighted by Gasteiger charge is 2.29. The van der Waals surface area contributed by atoms with Crippen LogP contribution in [0.3, 0.4) is 0 Å². The molecule has 0 spiro atoms. The smallest absolute Gasteiger partial charge is 0.244 e. The molecule has 4 N–H and O–H groups in total. The van der Waals surface area contributed by atoms with Crippen LogP contribution in [0.4, 0.5) is 0 Å². The van der Waals surface area contributed by atoms with E-state index in [0.29, 0.717) is 11.6 Å². The molecule has 0 bridgehead atoms. The second-order valence-electron chi connectivity index (χ2n) is 4.21. The quantitative estimate of drug-likeness (QED) is 0.715. The number of halogens is 1. The van der Waals surface area contributed by atoms with Crippen molar-refractivity contribution < 1.29 is 8.42 Å². The van der Waals surface area contributed by atoms with Crippen molar-refractivity contribution in [3.8, 4) is 0 Å². The van der Waals surface area contributed by atoms with E-state index in [1.54, 1.807) is 6.92 Å². The van der Waals surface area contributed by atoms with Gasteiger partial charge in [-0.1, -0.05) is 0 Å². The van der Waals surface area contributed by atoms with E-state index in [9.17, 15) is 8.42 Å². The largest absolute Gasteiger partial charge is 0.326 e. The Balaban J connectivity index is 0.00000144. The molecule has 1 fully saturated rings. The summed E-state index contributed by atoms with van der Waals surface area (Å²) in [5.41, 5.74) is 6.36. The van der Waals surface area contributed by atoms with Gasteiger partial charge in [0.15, 0.2) is 0 Å². The summed E-state index contributed by atoms with van der Waals surface area (Å²) in [6.07, 6.45) is 3.52. The molecule has 98 valence electrons. The summed E-state index contributed by atoms with van der Waals surface area (Å²) in [6, 6.07) is -0.0815. The van der Waals surface area contributed by atoms with Crippen molar-refractivity contribution in [2.24, 2.45) is 11.7 Å². The van der Waals surface area contributed by atoms with E-state index in [2.05, 4.69) is 14.9 Å². The Labute approximate surface area is 107 Å². The summed E-state index contributed by atoms with van der Waals surface area (Å²) in [5.74, 6) is 0.480. The first kappa shape index (κ1) is 14.4. The zero-order valence-corrected chi connectivity index (χ0v) is 11.1. The van der Waals surface area contributed by atoms with E-state index in [-0.39, 0.29) is 29.9 Å². The monoisotopic (exact) mass is 280 g/mol. The summed E-state index contributed by atoms with van der Waals surface area (Å²) in [7, 11) is -3.47. The van der Waals surface area contributed by atoms with Crippen molar-refractivity contribution in [2.45, 2.75) is 30.7 Å². The highest BCUT2D eigenvalue weighted by atomic mass is 35.5. The first-order valence-corrected chi connectivity index (χ1v) is 6.74. The molecule has 1 heterocycles. The van der Waals surface area contributed by atoms with Crippen LogP contribution >= 0.6 is 12.4 Å². The van der Waals surface area contributed by atoms with Crippen LogP contribution in [0, 0.1) is 12.8 Å². The molecular formula is C9H17ClN4O2S. The summed E-state index contributed by atoms with van der Waals surface area (Å²) in [6.45, 7) is 1.96. The average molecular weight is 281 g/mol. The molecule has 6 nitrogen and oxygen atoms in total. The molecular weight excluding hydrogens is 264 g/mol. The number of nitrogens with one attached hydrogen (secondary N) is 2. The fourth-order valence-electron chi connectivity index (χ4n) is 1.59. The molecule has 0 amide bonds. The highest BCUT2D eigenvalue weighted by Crippen LogP contribution is 2.31. The number of nitrogens with two attached hydrogens (primary N) is 1. The van der Waals surface area contributed by atoms with E-state index in [1.165, 1.54) is 6.20 Å². The van der Waals surface area contributed by atoms with E-state index in [1.807, 2.05) is 0 Å². The van der Waals surface area contributed by atoms with Crippen molar-refractivity contribution >= 4 is 22.4 Å². The number of hydrogen-bond donors (Lipinski definition) is 3. The number of aryl methyl sites for hydroxylation is 1. The van der Waals surface area contributed by atoms with Gasteiger partial charge >= 0.3 is 0 Å². The Bertz CT molecular complexity index is 469. The molecule has 1 aromatic heterocycles. The van der Waals surface area contributed by atoms with Crippen molar-refractivity contribution in [2.75, 3.05) is 6.54 Å². The van der Waals surface area contributed by atoms with Crippen LogP contribution in [0.1, 0.15) is 18.5 Å². The molecule has 0 saturated heterocycles. The van der Waals surface area contributed by atoms with Crippen LogP contribution in [0.25, 0.3) is 0 Å². The van der Waals surface area contributed by atoms with E-state index < -0.39 is 10.0 Å². The predicted octanol–water partition coefficient (Wildman–Crippen LogP) is 0.156. The lowest BCUT2D eigenvalue weighted by molar-refractivity contribution is 0.547. The first-order chi connectivity index (χ1) is 7.50. The van der Waals surface area contributed by atoms with Crippen molar-refractivity contribution in [3.63, 3.8) is 0 Å². The molecule has 2 rings (SSSR count). The first-order valence-electron chi connectivity index (χ1n) is 5.26.